The van der Waals surface area contributed by atoms with E-state index in [2.05, 4.69) is 10.6 Å². The molecular weight excluding hydrogens is 1160 g/mol. The summed E-state index contributed by atoms with van der Waals surface area (Å²) in [6.07, 6.45) is 4.01. The maximum Gasteiger partial charge on any atom is 0.326 e. The first-order valence-electron chi connectivity index (χ1n) is 25.0. The molecular formula is C49H73GdN9O14S2. The second-order valence-corrected chi connectivity index (χ2v) is 21.1. The second kappa shape index (κ2) is 33.9. The van der Waals surface area contributed by atoms with Crippen LogP contribution in [-0.4, -0.2) is 241 Å². The quantitative estimate of drug-likeness (QED) is 0.0329. The number of carboxylic acid groups (broad SMARTS) is 4. The van der Waals surface area contributed by atoms with E-state index in [1.54, 1.807) is 38.7 Å². The Morgan fingerprint density at radius 2 is 1.28 bits per heavy atom. The Morgan fingerprint density at radius 3 is 1.81 bits per heavy atom. The minimum absolute atomic E-state index is 0. The van der Waals surface area contributed by atoms with Gasteiger partial charge < -0.3 is 41.4 Å². The number of imide groups is 1. The van der Waals surface area contributed by atoms with E-state index in [9.17, 15) is 68.4 Å². The molecule has 418 valence electrons. The van der Waals surface area contributed by atoms with Crippen molar-refractivity contribution in [3.63, 3.8) is 0 Å². The predicted octanol–water partition coefficient (Wildman–Crippen LogP) is 0.668. The molecule has 2 fully saturated rings. The van der Waals surface area contributed by atoms with E-state index >= 15 is 0 Å². The average molecular weight is 1230 g/mol. The van der Waals surface area contributed by atoms with Crippen molar-refractivity contribution in [1.29, 1.82) is 5.41 Å². The van der Waals surface area contributed by atoms with Crippen LogP contribution in [-0.2, 0) is 56.1 Å². The van der Waals surface area contributed by atoms with Crippen molar-refractivity contribution in [2.75, 3.05) is 109 Å². The van der Waals surface area contributed by atoms with Gasteiger partial charge >= 0.3 is 23.9 Å². The van der Waals surface area contributed by atoms with Crippen LogP contribution in [0.5, 0.6) is 0 Å². The van der Waals surface area contributed by atoms with E-state index in [-0.39, 0.29) is 188 Å². The predicted molar refractivity (Wildman–Crippen MR) is 276 cm³/mol. The molecule has 0 aromatic heterocycles. The van der Waals surface area contributed by atoms with Crippen LogP contribution in [0.4, 0.5) is 0 Å². The van der Waals surface area contributed by atoms with Crippen molar-refractivity contribution in [3.05, 3.63) is 34.9 Å². The van der Waals surface area contributed by atoms with Crippen LogP contribution in [0.25, 0.3) is 0 Å². The first kappa shape index (κ1) is 65.1. The number of unbranched alkanes of at least 4 members (excludes halogenated alkanes) is 1. The Labute approximate surface area is 478 Å². The van der Waals surface area contributed by atoms with Gasteiger partial charge in [0.05, 0.1) is 37.5 Å². The van der Waals surface area contributed by atoms with Crippen LogP contribution < -0.4 is 10.6 Å². The second-order valence-electron chi connectivity index (χ2n) is 18.9. The molecule has 5 amide bonds. The number of hydrogen-bond acceptors (Lipinski definition) is 17. The van der Waals surface area contributed by atoms with Crippen molar-refractivity contribution >= 4 is 88.4 Å². The number of thioether (sulfide) groups is 2. The average Bonchev–Trinajstić information content (AvgIpc) is 3.61. The molecule has 3 heterocycles. The van der Waals surface area contributed by atoms with Crippen molar-refractivity contribution in [3.8, 4) is 0 Å². The Hall–Kier alpha value is -4.15. The van der Waals surface area contributed by atoms with Crippen molar-refractivity contribution in [2.45, 2.75) is 95.0 Å². The van der Waals surface area contributed by atoms with Crippen LogP contribution >= 0.6 is 23.5 Å². The summed E-state index contributed by atoms with van der Waals surface area (Å²) < 4.78 is 0. The maximum absolute atomic E-state index is 13.9. The molecule has 23 nitrogen and oxygen atoms in total. The summed E-state index contributed by atoms with van der Waals surface area (Å²) in [6, 6.07) is 2.94. The molecule has 0 saturated carbocycles. The van der Waals surface area contributed by atoms with Gasteiger partial charge in [-0.05, 0) is 86.8 Å². The van der Waals surface area contributed by atoms with Gasteiger partial charge in [-0.1, -0.05) is 12.1 Å². The SMILES string of the molecule is CSCC[C@H](NC(=O)c1cccc2c1CCN(C(=O)CN1CCN(CC(=O)O)CCN(CC(=O)O)CCN(CC(=O)O)CC1)C2)C(=O)CCC(=O)N[C@@H](CCCCN1C(=O)CC(SCCCC(C)=N)C1=O)C(=O)O.[Gd]. The zero-order chi connectivity index (χ0) is 54.3. The monoisotopic (exact) mass is 1230 g/mol. The smallest absolute Gasteiger partial charge is 0.326 e. The van der Waals surface area contributed by atoms with Gasteiger partial charge in [0.1, 0.15) is 6.04 Å². The van der Waals surface area contributed by atoms with Gasteiger partial charge in [0, 0.05) is 142 Å². The van der Waals surface area contributed by atoms with Gasteiger partial charge in [0.15, 0.2) is 5.78 Å². The topological polar surface area (TPSA) is 319 Å². The number of amides is 5. The Bertz CT molecular complexity index is 2160. The summed E-state index contributed by atoms with van der Waals surface area (Å²) in [4.78, 5) is 137. The third-order valence-corrected chi connectivity index (χ3v) is 15.0. The van der Waals surface area contributed by atoms with Gasteiger partial charge in [0.25, 0.3) is 5.91 Å². The molecule has 1 unspecified atom stereocenters. The number of benzene rings is 1. The summed E-state index contributed by atoms with van der Waals surface area (Å²) in [5.41, 5.74) is 2.34. The van der Waals surface area contributed by atoms with Crippen LogP contribution in [0.3, 0.4) is 0 Å². The molecule has 2 saturated heterocycles. The first-order chi connectivity index (χ1) is 35.2. The van der Waals surface area contributed by atoms with Crippen molar-refractivity contribution < 1.29 is 108 Å². The number of carbonyl (C=O) groups is 10. The third kappa shape index (κ3) is 23.2. The van der Waals surface area contributed by atoms with E-state index in [0.717, 1.165) is 12.0 Å². The molecule has 0 aliphatic carbocycles. The molecule has 3 aliphatic rings. The molecule has 0 radical (unpaired) electrons. The van der Waals surface area contributed by atoms with Crippen LogP contribution in [0.2, 0.25) is 0 Å². The fourth-order valence-corrected chi connectivity index (χ4v) is 10.6. The molecule has 7 N–H and O–H groups in total. The van der Waals surface area contributed by atoms with E-state index in [1.165, 1.54) is 28.4 Å². The fourth-order valence-electron chi connectivity index (χ4n) is 9.03. The minimum Gasteiger partial charge on any atom is -0.480 e. The van der Waals surface area contributed by atoms with Gasteiger partial charge in [-0.25, -0.2) is 4.79 Å². The zero-order valence-electron chi connectivity index (χ0n) is 42.8. The number of Topliss-reactive ketones (excluding diaryl/α,β-unsaturated/α-hetero) is 1. The number of nitrogens with one attached hydrogen (secondary N) is 3. The number of hydrogen-bond donors (Lipinski definition) is 7. The molecule has 3 atom stereocenters. The Balaban J connectivity index is 0.0000148. The van der Waals surface area contributed by atoms with Crippen molar-refractivity contribution in [2.24, 2.45) is 0 Å². The molecule has 26 heteroatoms. The molecule has 1 aromatic carbocycles. The number of fused-ring (bicyclic) bond motifs is 1. The van der Waals surface area contributed by atoms with Gasteiger partial charge in [-0.15, -0.1) is 11.8 Å². The molecule has 1 aromatic rings. The Kier molecular flexibility index (Phi) is 29.4. The van der Waals surface area contributed by atoms with E-state index < -0.39 is 58.8 Å². The van der Waals surface area contributed by atoms with Crippen LogP contribution in [0, 0.1) is 45.3 Å². The molecule has 4 rings (SSSR count). The van der Waals surface area contributed by atoms with Crippen LogP contribution in [0.15, 0.2) is 18.2 Å². The number of rotatable bonds is 29. The summed E-state index contributed by atoms with van der Waals surface area (Å²) in [6.45, 7) is 3.43. The maximum atomic E-state index is 13.9. The minimum atomic E-state index is -1.27. The standard InChI is InChI=1S/C49H73N9O14S2.Gd/c1-33(50)7-6-25-74-40-27-42(61)58(48(40)70)15-4-3-10-38(49(71)72)51-41(60)12-11-39(59)37(14-26-73-2)52-47(69)36-9-5-8-34-28-57(16-13-35(34)36)43(62)29-53-17-19-54(30-44(63)64)21-23-56(32-46(67)68)24-22-55(20-18-53)31-45(65)66;/h5,8-9,37-38,40,50H,3-4,6-7,10-32H2,1-2H3,(H,51,60)(H,52,69)(H,63,64)(H,65,66)(H,67,68)(H,71,72);/t37-,38-,40?;/m0./s1. The number of likely N-dealkylation sites (tertiary alicyclic amines) is 1. The Morgan fingerprint density at radius 1 is 0.707 bits per heavy atom. The number of carbonyl (C=O) groups excluding carboxylic acids is 6. The van der Waals surface area contributed by atoms with Crippen LogP contribution in [0.1, 0.15) is 86.2 Å². The van der Waals surface area contributed by atoms with Gasteiger partial charge in [-0.3, -0.25) is 67.7 Å². The molecule has 0 spiro atoms. The van der Waals surface area contributed by atoms with Crippen molar-refractivity contribution in [1.82, 2.24) is 40.0 Å². The summed E-state index contributed by atoms with van der Waals surface area (Å²) in [7, 11) is 0. The van der Waals surface area contributed by atoms with E-state index in [1.807, 2.05) is 17.2 Å². The summed E-state index contributed by atoms with van der Waals surface area (Å²) in [5.74, 6) is -5.61. The number of aliphatic carboxylic acids is 4. The van der Waals surface area contributed by atoms with E-state index in [4.69, 9.17) is 5.41 Å². The number of carboxylic acids is 4. The summed E-state index contributed by atoms with van der Waals surface area (Å²) in [5, 5.41) is 50.9. The van der Waals surface area contributed by atoms with Gasteiger partial charge in [-0.2, -0.15) is 11.8 Å². The molecule has 75 heavy (non-hydrogen) atoms. The summed E-state index contributed by atoms with van der Waals surface area (Å²) >= 11 is 2.87. The third-order valence-electron chi connectivity index (χ3n) is 13.1. The van der Waals surface area contributed by atoms with E-state index in [0.29, 0.717) is 54.0 Å². The number of ketones is 1. The molecule has 0 bridgehead atoms. The van der Waals surface area contributed by atoms with Gasteiger partial charge in [0.2, 0.25) is 23.6 Å². The number of nitrogens with zero attached hydrogens (tertiary/aromatic N) is 6. The molecule has 3 aliphatic heterocycles. The largest absolute Gasteiger partial charge is 0.480 e. The fraction of sp³-hybridized carbons (Fsp3) is 0.653. The first-order valence-corrected chi connectivity index (χ1v) is 27.5. The zero-order valence-corrected chi connectivity index (χ0v) is 46.7. The normalized spacial score (nSPS) is 18.1.